The predicted octanol–water partition coefficient (Wildman–Crippen LogP) is 1.74. The largest absolute Gasteiger partial charge is 0.398 e. The number of likely N-dealkylation sites (tertiary alicyclic amines) is 1. The van der Waals surface area contributed by atoms with E-state index in [0.29, 0.717) is 11.7 Å². The maximum Gasteiger partial charge on any atom is 0.254 e. The molecule has 1 saturated heterocycles. The molecule has 2 rings (SSSR count). The molecule has 1 aromatic rings. The smallest absolute Gasteiger partial charge is 0.254 e. The number of anilines is 1. The normalized spacial score (nSPS) is 19.8. The van der Waals surface area contributed by atoms with Crippen LogP contribution in [-0.2, 0) is 0 Å². The highest BCUT2D eigenvalue weighted by atomic mass is 16.2. The van der Waals surface area contributed by atoms with Crippen LogP contribution in [0, 0.1) is 6.92 Å². The average Bonchev–Trinajstić information content (AvgIpc) is 2.41. The summed E-state index contributed by atoms with van der Waals surface area (Å²) < 4.78 is 0. The van der Waals surface area contributed by atoms with Crippen molar-refractivity contribution in [1.82, 2.24) is 9.80 Å². The molecule has 104 valence electrons. The van der Waals surface area contributed by atoms with Crippen molar-refractivity contribution in [3.8, 4) is 0 Å². The third-order valence-electron chi connectivity index (χ3n) is 4.02. The first-order valence-corrected chi connectivity index (χ1v) is 6.81. The highest BCUT2D eigenvalue weighted by Crippen LogP contribution is 2.21. The van der Waals surface area contributed by atoms with Crippen LogP contribution in [0.25, 0.3) is 0 Å². The van der Waals surface area contributed by atoms with Crippen LogP contribution in [0.1, 0.15) is 28.8 Å². The van der Waals surface area contributed by atoms with Gasteiger partial charge in [-0.2, -0.15) is 0 Å². The number of nitrogens with zero attached hydrogens (tertiary/aromatic N) is 2. The zero-order chi connectivity index (χ0) is 14.0. The molecule has 0 spiro atoms. The van der Waals surface area contributed by atoms with Crippen molar-refractivity contribution in [2.45, 2.75) is 25.8 Å². The summed E-state index contributed by atoms with van der Waals surface area (Å²) in [5.74, 6) is 0.108. The molecule has 0 radical (unpaired) electrons. The molecule has 2 N–H and O–H groups in total. The molecule has 0 aromatic heterocycles. The van der Waals surface area contributed by atoms with E-state index in [0.717, 1.165) is 37.1 Å². The van der Waals surface area contributed by atoms with Crippen LogP contribution >= 0.6 is 0 Å². The predicted molar refractivity (Wildman–Crippen MR) is 78.2 cm³/mol. The molecule has 0 bridgehead atoms. The van der Waals surface area contributed by atoms with Gasteiger partial charge in [0.2, 0.25) is 0 Å². The second-order valence-corrected chi connectivity index (χ2v) is 5.53. The highest BCUT2D eigenvalue weighted by molar-refractivity contribution is 5.97. The molecule has 1 aliphatic rings. The van der Waals surface area contributed by atoms with Gasteiger partial charge in [-0.05, 0) is 51.6 Å². The van der Waals surface area contributed by atoms with Crippen LogP contribution in [0.4, 0.5) is 5.69 Å². The molecule has 1 fully saturated rings. The van der Waals surface area contributed by atoms with E-state index in [-0.39, 0.29) is 5.91 Å². The standard InChI is InChI=1S/C15H23N3O/c1-11-13(7-4-8-14(11)16)15(19)18-9-5-6-12(10-18)17(2)3/h4,7-8,12H,5-6,9-10,16H2,1-3H3. The maximum atomic E-state index is 12.6. The van der Waals surface area contributed by atoms with Crippen LogP contribution < -0.4 is 5.73 Å². The van der Waals surface area contributed by atoms with E-state index in [1.165, 1.54) is 0 Å². The molecule has 1 amide bonds. The maximum absolute atomic E-state index is 12.6. The first-order valence-electron chi connectivity index (χ1n) is 6.81. The van der Waals surface area contributed by atoms with E-state index in [1.807, 2.05) is 30.0 Å². The topological polar surface area (TPSA) is 49.6 Å². The fraction of sp³-hybridized carbons (Fsp3) is 0.533. The van der Waals surface area contributed by atoms with Crippen LogP contribution in [0.15, 0.2) is 18.2 Å². The Morgan fingerprint density at radius 1 is 1.42 bits per heavy atom. The van der Waals surface area contributed by atoms with E-state index in [4.69, 9.17) is 5.73 Å². The number of hydrogen-bond acceptors (Lipinski definition) is 3. The summed E-state index contributed by atoms with van der Waals surface area (Å²) in [7, 11) is 4.15. The van der Waals surface area contributed by atoms with Gasteiger partial charge in [0.15, 0.2) is 0 Å². The van der Waals surface area contributed by atoms with E-state index < -0.39 is 0 Å². The van der Waals surface area contributed by atoms with Crippen molar-refractivity contribution in [2.75, 3.05) is 32.9 Å². The number of carbonyl (C=O) groups is 1. The van der Waals surface area contributed by atoms with Crippen molar-refractivity contribution in [2.24, 2.45) is 0 Å². The lowest BCUT2D eigenvalue weighted by molar-refractivity contribution is 0.0634. The SMILES string of the molecule is Cc1c(N)cccc1C(=O)N1CCCC(N(C)C)C1. The minimum Gasteiger partial charge on any atom is -0.398 e. The third-order valence-corrected chi connectivity index (χ3v) is 4.02. The van der Waals surface area contributed by atoms with Crippen LogP contribution in [-0.4, -0.2) is 48.9 Å². The molecule has 1 atom stereocenters. The Bertz CT molecular complexity index is 470. The molecule has 4 heteroatoms. The number of nitrogen functional groups attached to an aromatic ring is 1. The molecule has 0 saturated carbocycles. The number of piperidine rings is 1. The van der Waals surface area contributed by atoms with Crippen molar-refractivity contribution in [3.63, 3.8) is 0 Å². The van der Waals surface area contributed by atoms with Crippen molar-refractivity contribution in [3.05, 3.63) is 29.3 Å². The number of nitrogens with two attached hydrogens (primary N) is 1. The van der Waals surface area contributed by atoms with Gasteiger partial charge in [-0.25, -0.2) is 0 Å². The van der Waals surface area contributed by atoms with Crippen molar-refractivity contribution < 1.29 is 4.79 Å². The van der Waals surface area contributed by atoms with E-state index in [2.05, 4.69) is 19.0 Å². The molecule has 0 aliphatic carbocycles. The first kappa shape index (κ1) is 13.9. The lowest BCUT2D eigenvalue weighted by Crippen LogP contribution is -2.47. The molecule has 19 heavy (non-hydrogen) atoms. The van der Waals surface area contributed by atoms with Gasteiger partial charge >= 0.3 is 0 Å². The summed E-state index contributed by atoms with van der Waals surface area (Å²) in [6, 6.07) is 6.01. The Morgan fingerprint density at radius 2 is 2.16 bits per heavy atom. The van der Waals surface area contributed by atoms with Gasteiger partial charge in [0.25, 0.3) is 5.91 Å². The van der Waals surface area contributed by atoms with E-state index in [9.17, 15) is 4.79 Å². The summed E-state index contributed by atoms with van der Waals surface area (Å²) in [6.07, 6.45) is 2.22. The van der Waals surface area contributed by atoms with Gasteiger partial charge < -0.3 is 15.5 Å². The highest BCUT2D eigenvalue weighted by Gasteiger charge is 2.26. The summed E-state index contributed by atoms with van der Waals surface area (Å²) in [5.41, 5.74) is 8.20. The number of amides is 1. The number of carbonyl (C=O) groups excluding carboxylic acids is 1. The Kier molecular flexibility index (Phi) is 4.10. The Morgan fingerprint density at radius 3 is 2.84 bits per heavy atom. The summed E-state index contributed by atoms with van der Waals surface area (Å²) >= 11 is 0. The molecule has 1 heterocycles. The Balaban J connectivity index is 2.17. The minimum atomic E-state index is 0.108. The average molecular weight is 261 g/mol. The molecular formula is C15H23N3O. The number of likely N-dealkylation sites (N-methyl/N-ethyl adjacent to an activating group) is 1. The molecule has 1 unspecified atom stereocenters. The Hall–Kier alpha value is -1.55. The molecule has 1 aliphatic heterocycles. The fourth-order valence-corrected chi connectivity index (χ4v) is 2.62. The van der Waals surface area contributed by atoms with Gasteiger partial charge in [-0.1, -0.05) is 6.07 Å². The molecule has 1 aromatic carbocycles. The summed E-state index contributed by atoms with van der Waals surface area (Å²) in [5, 5.41) is 0. The molecular weight excluding hydrogens is 238 g/mol. The Labute approximate surface area is 115 Å². The second kappa shape index (κ2) is 5.61. The number of benzene rings is 1. The number of rotatable bonds is 2. The van der Waals surface area contributed by atoms with Gasteiger partial charge in [0.1, 0.15) is 0 Å². The second-order valence-electron chi connectivity index (χ2n) is 5.53. The first-order chi connectivity index (χ1) is 9.00. The zero-order valence-corrected chi connectivity index (χ0v) is 12.0. The zero-order valence-electron chi connectivity index (χ0n) is 12.0. The fourth-order valence-electron chi connectivity index (χ4n) is 2.62. The quantitative estimate of drug-likeness (QED) is 0.825. The molecule has 4 nitrogen and oxygen atoms in total. The number of hydrogen-bond donors (Lipinski definition) is 1. The van der Waals surface area contributed by atoms with Crippen LogP contribution in [0.5, 0.6) is 0 Å². The monoisotopic (exact) mass is 261 g/mol. The summed E-state index contributed by atoms with van der Waals surface area (Å²) in [6.45, 7) is 3.56. The van der Waals surface area contributed by atoms with Gasteiger partial charge in [-0.3, -0.25) is 4.79 Å². The lowest BCUT2D eigenvalue weighted by atomic mass is 10.0. The van der Waals surface area contributed by atoms with Crippen molar-refractivity contribution >= 4 is 11.6 Å². The van der Waals surface area contributed by atoms with Crippen molar-refractivity contribution in [1.29, 1.82) is 0 Å². The van der Waals surface area contributed by atoms with E-state index in [1.54, 1.807) is 0 Å². The third kappa shape index (κ3) is 2.89. The van der Waals surface area contributed by atoms with Crippen LogP contribution in [0.2, 0.25) is 0 Å². The van der Waals surface area contributed by atoms with Gasteiger partial charge in [0.05, 0.1) is 0 Å². The van der Waals surface area contributed by atoms with Gasteiger partial charge in [-0.15, -0.1) is 0 Å². The van der Waals surface area contributed by atoms with Crippen LogP contribution in [0.3, 0.4) is 0 Å². The minimum absolute atomic E-state index is 0.108. The lowest BCUT2D eigenvalue weighted by Gasteiger charge is -2.36. The van der Waals surface area contributed by atoms with E-state index >= 15 is 0 Å². The summed E-state index contributed by atoms with van der Waals surface area (Å²) in [4.78, 5) is 16.7. The van der Waals surface area contributed by atoms with Gasteiger partial charge in [0, 0.05) is 30.4 Å².